The lowest BCUT2D eigenvalue weighted by molar-refractivity contribution is -0.312. The SMILES string of the molecule is CO[C@H]1CCCC(/C=C(\C)CCCCC(=O)C/C=C(\C)CCCC[C@H]2C[C@@](O)(C(=O)C(=O)N3CCCCC3C(=O)[O-])C(C)O[C@@H]2OC)C1. The number of rotatable bonds is 18. The van der Waals surface area contributed by atoms with Crippen LogP contribution in [-0.2, 0) is 33.4 Å². The lowest BCUT2D eigenvalue weighted by atomic mass is 9.77. The highest BCUT2D eigenvalue weighted by Crippen LogP contribution is 2.38. The quantitative estimate of drug-likeness (QED) is 0.121. The number of carbonyl (C=O) groups is 4. The molecular formula is C38H60NO9-. The second-order valence-electron chi connectivity index (χ2n) is 14.5. The van der Waals surface area contributed by atoms with Crippen molar-refractivity contribution in [3.63, 3.8) is 0 Å². The Labute approximate surface area is 287 Å². The summed E-state index contributed by atoms with van der Waals surface area (Å²) in [4.78, 5) is 51.7. The summed E-state index contributed by atoms with van der Waals surface area (Å²) >= 11 is 0. The molecule has 3 fully saturated rings. The molecule has 0 spiro atoms. The highest BCUT2D eigenvalue weighted by molar-refractivity contribution is 6.39. The van der Waals surface area contributed by atoms with E-state index in [9.17, 15) is 29.4 Å². The predicted octanol–water partition coefficient (Wildman–Crippen LogP) is 4.99. The number of ketones is 2. The van der Waals surface area contributed by atoms with Crippen LogP contribution >= 0.6 is 0 Å². The van der Waals surface area contributed by atoms with Gasteiger partial charge in [0.1, 0.15) is 5.78 Å². The number of hydrogen-bond donors (Lipinski definition) is 1. The Hall–Kier alpha value is -2.40. The molecule has 2 aliphatic heterocycles. The van der Waals surface area contributed by atoms with E-state index >= 15 is 0 Å². The molecule has 272 valence electrons. The number of carboxylic acids is 1. The number of carboxylic acid groups (broad SMARTS) is 1. The number of carbonyl (C=O) groups excluding carboxylic acids is 4. The van der Waals surface area contributed by atoms with Crippen molar-refractivity contribution >= 4 is 23.4 Å². The summed E-state index contributed by atoms with van der Waals surface area (Å²) in [6.07, 6.45) is 16.4. The number of hydrogen-bond acceptors (Lipinski definition) is 9. The third-order valence-corrected chi connectivity index (χ3v) is 10.7. The number of nitrogens with zero attached hydrogens (tertiary/aromatic N) is 1. The molecule has 0 radical (unpaired) electrons. The van der Waals surface area contributed by atoms with Crippen LogP contribution in [0.1, 0.15) is 130 Å². The van der Waals surface area contributed by atoms with Crippen LogP contribution in [0.5, 0.6) is 0 Å². The van der Waals surface area contributed by atoms with Crippen LogP contribution in [0.2, 0.25) is 0 Å². The smallest absolute Gasteiger partial charge is 0.293 e. The van der Waals surface area contributed by atoms with E-state index in [1.807, 2.05) is 13.0 Å². The summed E-state index contributed by atoms with van der Waals surface area (Å²) in [6, 6.07) is -1.18. The Morgan fingerprint density at radius 3 is 2.35 bits per heavy atom. The van der Waals surface area contributed by atoms with Crippen molar-refractivity contribution in [1.82, 2.24) is 4.90 Å². The first-order valence-electron chi connectivity index (χ1n) is 18.2. The average molecular weight is 675 g/mol. The van der Waals surface area contributed by atoms with Gasteiger partial charge in [0.05, 0.1) is 24.2 Å². The van der Waals surface area contributed by atoms with Crippen molar-refractivity contribution in [3.05, 3.63) is 23.3 Å². The van der Waals surface area contributed by atoms with Gasteiger partial charge in [-0.3, -0.25) is 14.4 Å². The van der Waals surface area contributed by atoms with Crippen LogP contribution < -0.4 is 5.11 Å². The summed E-state index contributed by atoms with van der Waals surface area (Å²) in [7, 11) is 3.32. The van der Waals surface area contributed by atoms with Crippen LogP contribution in [-0.4, -0.2) is 84.4 Å². The number of unbranched alkanes of at least 4 members (excludes halogenated alkanes) is 2. The molecule has 1 saturated carbocycles. The van der Waals surface area contributed by atoms with Gasteiger partial charge >= 0.3 is 0 Å². The van der Waals surface area contributed by atoms with Gasteiger partial charge in [-0.15, -0.1) is 0 Å². The molecule has 3 rings (SSSR count). The fourth-order valence-corrected chi connectivity index (χ4v) is 7.65. The molecule has 48 heavy (non-hydrogen) atoms. The van der Waals surface area contributed by atoms with Crippen LogP contribution in [0.4, 0.5) is 0 Å². The number of allylic oxidation sites excluding steroid dienone is 4. The van der Waals surface area contributed by atoms with Crippen molar-refractivity contribution in [3.8, 4) is 0 Å². The number of piperidine rings is 1. The molecular weight excluding hydrogens is 614 g/mol. The van der Waals surface area contributed by atoms with Gasteiger partial charge in [0, 0.05) is 39.5 Å². The van der Waals surface area contributed by atoms with E-state index in [0.717, 1.165) is 61.8 Å². The van der Waals surface area contributed by atoms with E-state index < -0.39 is 41.7 Å². The summed E-state index contributed by atoms with van der Waals surface area (Å²) < 4.78 is 17.0. The zero-order chi connectivity index (χ0) is 35.3. The monoisotopic (exact) mass is 674 g/mol. The minimum absolute atomic E-state index is 0.0193. The van der Waals surface area contributed by atoms with Crippen molar-refractivity contribution in [2.75, 3.05) is 20.8 Å². The van der Waals surface area contributed by atoms with E-state index in [4.69, 9.17) is 14.2 Å². The molecule has 3 unspecified atom stereocenters. The standard InChI is InChI=1S/C38H61NO9/c1-26(20-21-31(40)17-9-7-14-27(2)23-29-15-12-18-32(24-29)46-4)13-6-8-16-30-25-38(45,28(3)48-37(30)47-5)34(41)35(42)39-22-11-10-19-33(39)36(43)44/h20,23,28-30,32-33,37,45H,6-19,21-22,24-25H2,1-5H3,(H,43,44)/p-1/b26-20+,27-23+/t28?,29?,30-,32-,33?,37-,38-/m0/s1. The van der Waals surface area contributed by atoms with Crippen LogP contribution in [0, 0.1) is 11.8 Å². The summed E-state index contributed by atoms with van der Waals surface area (Å²) in [6.45, 7) is 5.90. The first-order chi connectivity index (χ1) is 22.9. The van der Waals surface area contributed by atoms with E-state index in [2.05, 4.69) is 13.0 Å². The highest BCUT2D eigenvalue weighted by Gasteiger charge is 2.54. The molecule has 1 amide bonds. The minimum Gasteiger partial charge on any atom is -0.548 e. The normalized spacial score (nSPS) is 30.2. The zero-order valence-electron chi connectivity index (χ0n) is 30.0. The number of Topliss-reactive ketones (excluding diaryl/α,β-unsaturated/α-hetero) is 2. The van der Waals surface area contributed by atoms with Gasteiger partial charge in [-0.1, -0.05) is 36.1 Å². The van der Waals surface area contributed by atoms with Crippen LogP contribution in [0.15, 0.2) is 23.3 Å². The maximum Gasteiger partial charge on any atom is 0.293 e. The fraction of sp³-hybridized carbons (Fsp3) is 0.789. The van der Waals surface area contributed by atoms with Crippen LogP contribution in [0.3, 0.4) is 0 Å². The molecule has 3 aliphatic rings. The second-order valence-corrected chi connectivity index (χ2v) is 14.5. The van der Waals surface area contributed by atoms with Gasteiger partial charge < -0.3 is 34.1 Å². The molecule has 2 heterocycles. The largest absolute Gasteiger partial charge is 0.548 e. The number of likely N-dealkylation sites (tertiary alicyclic amines) is 1. The van der Waals surface area contributed by atoms with E-state index in [0.29, 0.717) is 44.1 Å². The first kappa shape index (κ1) is 40.0. The number of methoxy groups -OCH3 is 2. The zero-order valence-corrected chi connectivity index (χ0v) is 30.0. The van der Waals surface area contributed by atoms with Gasteiger partial charge in [0.25, 0.3) is 11.7 Å². The molecule has 10 heteroatoms. The Morgan fingerprint density at radius 1 is 0.938 bits per heavy atom. The first-order valence-corrected chi connectivity index (χ1v) is 18.2. The predicted molar refractivity (Wildman–Crippen MR) is 181 cm³/mol. The molecule has 1 aliphatic carbocycles. The Morgan fingerprint density at radius 2 is 1.65 bits per heavy atom. The molecule has 0 aromatic heterocycles. The maximum absolute atomic E-state index is 13.4. The highest BCUT2D eigenvalue weighted by atomic mass is 16.7. The van der Waals surface area contributed by atoms with Gasteiger partial charge in [-0.2, -0.15) is 0 Å². The van der Waals surface area contributed by atoms with Crippen molar-refractivity contribution in [2.45, 2.75) is 160 Å². The Kier molecular flexibility index (Phi) is 16.4. The molecule has 0 aromatic carbocycles. The summed E-state index contributed by atoms with van der Waals surface area (Å²) in [5.41, 5.74) is 0.487. The lowest BCUT2D eigenvalue weighted by Crippen LogP contribution is -2.63. The van der Waals surface area contributed by atoms with Crippen molar-refractivity contribution < 1.29 is 43.6 Å². The number of aliphatic carboxylic acids is 1. The Bertz CT molecular complexity index is 1150. The average Bonchev–Trinajstić information content (AvgIpc) is 3.08. The van der Waals surface area contributed by atoms with E-state index in [1.54, 1.807) is 7.11 Å². The van der Waals surface area contributed by atoms with Crippen molar-refractivity contribution in [2.24, 2.45) is 11.8 Å². The van der Waals surface area contributed by atoms with Gasteiger partial charge in [0.15, 0.2) is 11.9 Å². The van der Waals surface area contributed by atoms with Gasteiger partial charge in [0.2, 0.25) is 0 Å². The maximum atomic E-state index is 13.4. The second kappa shape index (κ2) is 19.7. The van der Waals surface area contributed by atoms with Gasteiger partial charge in [-0.05, 0) is 110 Å². The molecule has 10 nitrogen and oxygen atoms in total. The topological polar surface area (TPSA) is 142 Å². The van der Waals surface area contributed by atoms with Gasteiger partial charge in [-0.25, -0.2) is 0 Å². The van der Waals surface area contributed by atoms with E-state index in [1.165, 1.54) is 32.4 Å². The molecule has 7 atom stereocenters. The minimum atomic E-state index is -2.08. The molecule has 1 N–H and O–H groups in total. The molecule has 0 aromatic rings. The fourth-order valence-electron chi connectivity index (χ4n) is 7.65. The summed E-state index contributed by atoms with van der Waals surface area (Å²) in [5.74, 6) is -2.91. The number of ether oxygens (including phenoxy) is 3. The Balaban J connectivity index is 1.39. The third-order valence-electron chi connectivity index (χ3n) is 10.7. The van der Waals surface area contributed by atoms with Crippen LogP contribution in [0.25, 0.3) is 0 Å². The molecule has 0 bridgehead atoms. The third kappa shape index (κ3) is 11.6. The van der Waals surface area contributed by atoms with E-state index in [-0.39, 0.29) is 31.1 Å². The number of amides is 1. The summed E-state index contributed by atoms with van der Waals surface area (Å²) in [5, 5.41) is 23.1. The number of aliphatic hydroxyl groups is 1. The lowest BCUT2D eigenvalue weighted by Gasteiger charge is -2.45. The van der Waals surface area contributed by atoms with Crippen molar-refractivity contribution in [1.29, 1.82) is 0 Å². The molecule has 2 saturated heterocycles.